The van der Waals surface area contributed by atoms with Crippen LogP contribution in [0.3, 0.4) is 0 Å². The Hall–Kier alpha value is -2.98. The van der Waals surface area contributed by atoms with Crippen LogP contribution in [-0.2, 0) is 5.54 Å². The lowest BCUT2D eigenvalue weighted by molar-refractivity contribution is 0.121. The van der Waals surface area contributed by atoms with E-state index in [9.17, 15) is 4.79 Å². The summed E-state index contributed by atoms with van der Waals surface area (Å²) in [4.78, 5) is 24.7. The molecule has 1 N–H and O–H groups in total. The molecule has 1 aliphatic heterocycles. The van der Waals surface area contributed by atoms with Crippen LogP contribution in [-0.4, -0.2) is 48.1 Å². The lowest BCUT2D eigenvalue weighted by Gasteiger charge is -2.42. The van der Waals surface area contributed by atoms with Gasteiger partial charge in [0.25, 0.3) is 0 Å². The van der Waals surface area contributed by atoms with Gasteiger partial charge in [-0.2, -0.15) is 5.26 Å². The predicted octanol–water partition coefficient (Wildman–Crippen LogP) is 2.90. The monoisotopic (exact) mass is 378 g/mol. The van der Waals surface area contributed by atoms with E-state index in [0.29, 0.717) is 18.8 Å². The molecule has 1 aliphatic rings. The van der Waals surface area contributed by atoms with Crippen molar-refractivity contribution in [3.8, 4) is 6.07 Å². The van der Waals surface area contributed by atoms with E-state index < -0.39 is 0 Å². The SMILES string of the molecule is CN(C)C1(c2ccccc2)CCCCN(c2cnc(C#N)nc2)C(=O)NCC1. The first-order valence-corrected chi connectivity index (χ1v) is 9.57. The standard InChI is InChI=1S/C21H26N6O/c1-26(2)21(17-8-4-3-5-9-17)10-6-7-13-27(20(28)23-12-11-21)18-15-24-19(14-22)25-16-18/h3-5,8-9,15-16H,6-7,10-13H2,1-2H3,(H,23,28). The highest BCUT2D eigenvalue weighted by atomic mass is 16.2. The first kappa shape index (κ1) is 19.8. The third kappa shape index (κ3) is 4.12. The maximum absolute atomic E-state index is 12.8. The predicted molar refractivity (Wildman–Crippen MR) is 108 cm³/mol. The zero-order valence-electron chi connectivity index (χ0n) is 16.4. The summed E-state index contributed by atoms with van der Waals surface area (Å²) in [5, 5.41) is 11.9. The average Bonchev–Trinajstić information content (AvgIpc) is 2.73. The van der Waals surface area contributed by atoms with E-state index in [-0.39, 0.29) is 17.4 Å². The minimum Gasteiger partial charge on any atom is -0.338 e. The molecule has 3 rings (SSSR count). The average molecular weight is 378 g/mol. The second-order valence-electron chi connectivity index (χ2n) is 7.26. The fraction of sp³-hybridized carbons (Fsp3) is 0.429. The number of rotatable bonds is 3. The summed E-state index contributed by atoms with van der Waals surface area (Å²) in [6, 6.07) is 12.3. The van der Waals surface area contributed by atoms with Gasteiger partial charge in [-0.3, -0.25) is 9.80 Å². The Bertz CT molecular complexity index is 830. The molecule has 2 amide bonds. The highest BCUT2D eigenvalue weighted by Crippen LogP contribution is 2.36. The number of aromatic nitrogens is 2. The van der Waals surface area contributed by atoms with Crippen molar-refractivity contribution in [3.05, 3.63) is 54.1 Å². The first-order valence-electron chi connectivity index (χ1n) is 9.57. The van der Waals surface area contributed by atoms with Crippen molar-refractivity contribution < 1.29 is 4.79 Å². The Labute approximate surface area is 166 Å². The summed E-state index contributed by atoms with van der Waals surface area (Å²) in [6.07, 6.45) is 6.77. The zero-order chi connectivity index (χ0) is 20.0. The Kier molecular flexibility index (Phi) is 6.22. The summed E-state index contributed by atoms with van der Waals surface area (Å²) in [6.45, 7) is 1.15. The van der Waals surface area contributed by atoms with Gasteiger partial charge in [0.05, 0.1) is 18.1 Å². The molecule has 2 aromatic rings. The number of benzene rings is 1. The van der Waals surface area contributed by atoms with E-state index in [1.54, 1.807) is 4.90 Å². The number of nitriles is 1. The van der Waals surface area contributed by atoms with Crippen LogP contribution in [0.5, 0.6) is 0 Å². The number of hydrogen-bond acceptors (Lipinski definition) is 5. The summed E-state index contributed by atoms with van der Waals surface area (Å²) in [5.41, 5.74) is 1.79. The molecule has 2 heterocycles. The molecule has 1 atom stereocenters. The van der Waals surface area contributed by atoms with Gasteiger partial charge in [-0.05, 0) is 45.3 Å². The largest absolute Gasteiger partial charge is 0.338 e. The Balaban J connectivity index is 1.79. The van der Waals surface area contributed by atoms with Gasteiger partial charge in [-0.15, -0.1) is 0 Å². The van der Waals surface area contributed by atoms with Crippen LogP contribution in [0.25, 0.3) is 0 Å². The molecule has 146 valence electrons. The molecule has 1 unspecified atom stereocenters. The van der Waals surface area contributed by atoms with Crippen LogP contribution < -0.4 is 10.2 Å². The Morgan fingerprint density at radius 1 is 1.14 bits per heavy atom. The molecule has 0 radical (unpaired) electrons. The molecule has 0 aliphatic carbocycles. The minimum atomic E-state index is -0.157. The highest BCUT2D eigenvalue weighted by Gasteiger charge is 2.34. The second-order valence-corrected chi connectivity index (χ2v) is 7.26. The molecule has 0 spiro atoms. The fourth-order valence-electron chi connectivity index (χ4n) is 3.89. The van der Waals surface area contributed by atoms with E-state index >= 15 is 0 Å². The normalized spacial score (nSPS) is 21.1. The van der Waals surface area contributed by atoms with E-state index in [1.165, 1.54) is 18.0 Å². The molecular weight excluding hydrogens is 352 g/mol. The van der Waals surface area contributed by atoms with Gasteiger partial charge in [-0.25, -0.2) is 14.8 Å². The van der Waals surface area contributed by atoms with E-state index in [2.05, 4.69) is 58.5 Å². The fourth-order valence-corrected chi connectivity index (χ4v) is 3.89. The van der Waals surface area contributed by atoms with Crippen molar-refractivity contribution in [3.63, 3.8) is 0 Å². The molecule has 1 saturated heterocycles. The summed E-state index contributed by atoms with van der Waals surface area (Å²) in [7, 11) is 4.22. The molecule has 0 saturated carbocycles. The Morgan fingerprint density at radius 3 is 2.50 bits per heavy atom. The van der Waals surface area contributed by atoms with Crippen LogP contribution in [0.15, 0.2) is 42.7 Å². The number of amides is 2. The number of anilines is 1. The lowest BCUT2D eigenvalue weighted by atomic mass is 9.80. The Morgan fingerprint density at radius 2 is 1.86 bits per heavy atom. The maximum atomic E-state index is 12.8. The van der Waals surface area contributed by atoms with Crippen LogP contribution in [0, 0.1) is 11.3 Å². The van der Waals surface area contributed by atoms with Crippen LogP contribution in [0.2, 0.25) is 0 Å². The van der Waals surface area contributed by atoms with Gasteiger partial charge in [0.1, 0.15) is 6.07 Å². The molecule has 7 heteroatoms. The van der Waals surface area contributed by atoms with E-state index in [1.807, 2.05) is 12.1 Å². The van der Waals surface area contributed by atoms with Gasteiger partial charge < -0.3 is 5.32 Å². The van der Waals surface area contributed by atoms with E-state index in [4.69, 9.17) is 5.26 Å². The smallest absolute Gasteiger partial charge is 0.321 e. The van der Waals surface area contributed by atoms with Crippen molar-refractivity contribution in [1.82, 2.24) is 20.2 Å². The number of carbonyl (C=O) groups excluding carboxylic acids is 1. The topological polar surface area (TPSA) is 85.2 Å². The highest BCUT2D eigenvalue weighted by molar-refractivity contribution is 5.91. The van der Waals surface area contributed by atoms with Crippen molar-refractivity contribution in [1.29, 1.82) is 5.26 Å². The number of nitrogens with one attached hydrogen (secondary N) is 1. The number of urea groups is 1. The van der Waals surface area contributed by atoms with Gasteiger partial charge in [0, 0.05) is 18.6 Å². The molecule has 7 nitrogen and oxygen atoms in total. The number of hydrogen-bond donors (Lipinski definition) is 1. The molecule has 0 bridgehead atoms. The third-order valence-electron chi connectivity index (χ3n) is 5.50. The van der Waals surface area contributed by atoms with Crippen LogP contribution in [0.4, 0.5) is 10.5 Å². The van der Waals surface area contributed by atoms with Crippen molar-refractivity contribution in [2.24, 2.45) is 0 Å². The minimum absolute atomic E-state index is 0.101. The molecule has 1 fully saturated rings. The number of carbonyl (C=O) groups is 1. The summed E-state index contributed by atoms with van der Waals surface area (Å²) >= 11 is 0. The zero-order valence-corrected chi connectivity index (χ0v) is 16.4. The van der Waals surface area contributed by atoms with Crippen molar-refractivity contribution in [2.45, 2.75) is 31.2 Å². The van der Waals surface area contributed by atoms with Gasteiger partial charge in [0.2, 0.25) is 5.82 Å². The van der Waals surface area contributed by atoms with E-state index in [0.717, 1.165) is 25.7 Å². The summed E-state index contributed by atoms with van der Waals surface area (Å²) in [5.74, 6) is 0.101. The van der Waals surface area contributed by atoms with Crippen LogP contribution >= 0.6 is 0 Å². The van der Waals surface area contributed by atoms with Gasteiger partial charge in [-0.1, -0.05) is 30.3 Å². The number of nitrogens with zero attached hydrogens (tertiary/aromatic N) is 5. The summed E-state index contributed by atoms with van der Waals surface area (Å²) < 4.78 is 0. The van der Waals surface area contributed by atoms with Crippen molar-refractivity contribution in [2.75, 3.05) is 32.1 Å². The quantitative estimate of drug-likeness (QED) is 0.888. The maximum Gasteiger partial charge on any atom is 0.321 e. The molecular formula is C21H26N6O. The third-order valence-corrected chi connectivity index (χ3v) is 5.50. The molecule has 28 heavy (non-hydrogen) atoms. The lowest BCUT2D eigenvalue weighted by Crippen LogP contribution is -2.48. The van der Waals surface area contributed by atoms with Gasteiger partial charge >= 0.3 is 6.03 Å². The van der Waals surface area contributed by atoms with Crippen molar-refractivity contribution >= 4 is 11.7 Å². The first-order chi connectivity index (χ1) is 13.6. The van der Waals surface area contributed by atoms with Gasteiger partial charge in [0.15, 0.2) is 0 Å². The second kappa shape index (κ2) is 8.81. The van der Waals surface area contributed by atoms with Crippen LogP contribution in [0.1, 0.15) is 37.1 Å². The molecule has 1 aromatic carbocycles. The molecule has 1 aromatic heterocycles.